The summed E-state index contributed by atoms with van der Waals surface area (Å²) in [5.41, 5.74) is 1.20. The van der Waals surface area contributed by atoms with Gasteiger partial charge in [-0.3, -0.25) is 0 Å². The lowest BCUT2D eigenvalue weighted by Crippen LogP contribution is -2.33. The summed E-state index contributed by atoms with van der Waals surface area (Å²) in [5.74, 6) is -1.07. The molecule has 1 aliphatic rings. The number of benzene rings is 1. The standard InChI is InChI=1S/C15H17N3O3/c1-9-8-10(6-7-21-9)16-13-11-4-2-3-5-12(11)17-18-14(13)15(19)20/h2-5,9-10H,6-8H2,1H3,(H,16,17)(H,19,20). The molecule has 0 bridgehead atoms. The Morgan fingerprint density at radius 2 is 2.19 bits per heavy atom. The highest BCUT2D eigenvalue weighted by Crippen LogP contribution is 2.27. The van der Waals surface area contributed by atoms with Gasteiger partial charge in [0.05, 0.1) is 17.3 Å². The van der Waals surface area contributed by atoms with E-state index in [-0.39, 0.29) is 17.8 Å². The number of anilines is 1. The van der Waals surface area contributed by atoms with Crippen LogP contribution in [0.15, 0.2) is 24.3 Å². The van der Waals surface area contributed by atoms with Crippen LogP contribution in [0.5, 0.6) is 0 Å². The molecule has 1 aromatic heterocycles. The quantitative estimate of drug-likeness (QED) is 0.901. The number of aromatic carboxylic acids is 1. The van der Waals surface area contributed by atoms with Gasteiger partial charge in [0.15, 0.2) is 5.69 Å². The molecule has 0 aliphatic carbocycles. The molecule has 1 aliphatic heterocycles. The fourth-order valence-corrected chi connectivity index (χ4v) is 2.68. The van der Waals surface area contributed by atoms with E-state index < -0.39 is 5.97 Å². The van der Waals surface area contributed by atoms with Crippen LogP contribution in [0.2, 0.25) is 0 Å². The molecule has 2 N–H and O–H groups in total. The normalized spacial score (nSPS) is 22.1. The maximum absolute atomic E-state index is 11.4. The molecule has 21 heavy (non-hydrogen) atoms. The Balaban J connectivity index is 2.01. The van der Waals surface area contributed by atoms with Crippen molar-refractivity contribution in [3.63, 3.8) is 0 Å². The van der Waals surface area contributed by atoms with E-state index in [0.717, 1.165) is 18.2 Å². The number of nitrogens with zero attached hydrogens (tertiary/aromatic N) is 2. The zero-order valence-corrected chi connectivity index (χ0v) is 11.7. The predicted molar refractivity (Wildman–Crippen MR) is 78.6 cm³/mol. The molecule has 1 fully saturated rings. The molecule has 1 saturated heterocycles. The summed E-state index contributed by atoms with van der Waals surface area (Å²) >= 11 is 0. The maximum Gasteiger partial charge on any atom is 0.358 e. The number of carboxylic acids is 1. The van der Waals surface area contributed by atoms with E-state index >= 15 is 0 Å². The molecular weight excluding hydrogens is 270 g/mol. The predicted octanol–water partition coefficient (Wildman–Crippen LogP) is 2.31. The second-order valence-electron chi connectivity index (χ2n) is 5.29. The summed E-state index contributed by atoms with van der Waals surface area (Å²) in [5, 5.41) is 21.3. The van der Waals surface area contributed by atoms with Crippen molar-refractivity contribution in [1.29, 1.82) is 0 Å². The second kappa shape index (κ2) is 5.65. The molecule has 1 aromatic carbocycles. The van der Waals surface area contributed by atoms with Gasteiger partial charge >= 0.3 is 5.97 Å². The minimum absolute atomic E-state index is 0.0344. The zero-order chi connectivity index (χ0) is 14.8. The Labute approximate surface area is 122 Å². The van der Waals surface area contributed by atoms with Crippen molar-refractivity contribution >= 4 is 22.6 Å². The van der Waals surface area contributed by atoms with Gasteiger partial charge in [0.1, 0.15) is 0 Å². The molecule has 3 rings (SSSR count). The Hall–Kier alpha value is -2.21. The molecule has 2 heterocycles. The highest BCUT2D eigenvalue weighted by Gasteiger charge is 2.23. The van der Waals surface area contributed by atoms with E-state index in [0.29, 0.717) is 17.8 Å². The first-order chi connectivity index (χ1) is 10.1. The van der Waals surface area contributed by atoms with Crippen LogP contribution < -0.4 is 5.32 Å². The Morgan fingerprint density at radius 1 is 1.38 bits per heavy atom. The molecular formula is C15H17N3O3. The molecule has 0 radical (unpaired) electrons. The summed E-state index contributed by atoms with van der Waals surface area (Å²) in [4.78, 5) is 11.4. The van der Waals surface area contributed by atoms with E-state index in [2.05, 4.69) is 15.5 Å². The molecule has 6 heteroatoms. The van der Waals surface area contributed by atoms with Crippen LogP contribution in [0, 0.1) is 0 Å². The van der Waals surface area contributed by atoms with Crippen molar-refractivity contribution in [2.75, 3.05) is 11.9 Å². The van der Waals surface area contributed by atoms with Crippen molar-refractivity contribution in [1.82, 2.24) is 10.2 Å². The van der Waals surface area contributed by atoms with Gasteiger partial charge in [-0.05, 0) is 25.8 Å². The van der Waals surface area contributed by atoms with E-state index in [1.165, 1.54) is 0 Å². The third-order valence-electron chi connectivity index (χ3n) is 3.70. The van der Waals surface area contributed by atoms with Gasteiger partial charge in [-0.1, -0.05) is 18.2 Å². The van der Waals surface area contributed by atoms with Crippen molar-refractivity contribution in [3.05, 3.63) is 30.0 Å². The van der Waals surface area contributed by atoms with Gasteiger partial charge in [-0.25, -0.2) is 4.79 Å². The van der Waals surface area contributed by atoms with Crippen molar-refractivity contribution in [2.24, 2.45) is 0 Å². The van der Waals surface area contributed by atoms with Crippen molar-refractivity contribution in [3.8, 4) is 0 Å². The highest BCUT2D eigenvalue weighted by atomic mass is 16.5. The van der Waals surface area contributed by atoms with Crippen LogP contribution in [0.25, 0.3) is 10.9 Å². The highest BCUT2D eigenvalue weighted by molar-refractivity contribution is 6.02. The topological polar surface area (TPSA) is 84.3 Å². The SMILES string of the molecule is CC1CC(Nc2c(C(=O)O)nnc3ccccc23)CCO1. The molecule has 110 valence electrons. The fraction of sp³-hybridized carbons (Fsp3) is 0.400. The lowest BCUT2D eigenvalue weighted by molar-refractivity contribution is 0.0232. The number of hydrogen-bond acceptors (Lipinski definition) is 5. The van der Waals surface area contributed by atoms with Crippen molar-refractivity contribution < 1.29 is 14.6 Å². The first kappa shape index (κ1) is 13.8. The first-order valence-corrected chi connectivity index (χ1v) is 7.02. The number of fused-ring (bicyclic) bond motifs is 1. The molecule has 2 unspecified atom stereocenters. The number of carbonyl (C=O) groups is 1. The molecule has 0 saturated carbocycles. The number of rotatable bonds is 3. The number of ether oxygens (including phenoxy) is 1. The smallest absolute Gasteiger partial charge is 0.358 e. The van der Waals surface area contributed by atoms with Gasteiger partial charge in [-0.2, -0.15) is 0 Å². The molecule has 6 nitrogen and oxygen atoms in total. The number of nitrogens with one attached hydrogen (secondary N) is 1. The summed E-state index contributed by atoms with van der Waals surface area (Å²) in [6.45, 7) is 2.70. The number of carboxylic acid groups (broad SMARTS) is 1. The van der Waals surface area contributed by atoms with E-state index in [4.69, 9.17) is 4.74 Å². The summed E-state index contributed by atoms with van der Waals surface area (Å²) < 4.78 is 5.53. The fourth-order valence-electron chi connectivity index (χ4n) is 2.68. The molecule has 0 amide bonds. The van der Waals surface area contributed by atoms with E-state index in [1.807, 2.05) is 31.2 Å². The third-order valence-corrected chi connectivity index (χ3v) is 3.70. The monoisotopic (exact) mass is 287 g/mol. The van der Waals surface area contributed by atoms with Gasteiger partial charge in [-0.15, -0.1) is 10.2 Å². The van der Waals surface area contributed by atoms with Crippen LogP contribution in [0.4, 0.5) is 5.69 Å². The van der Waals surface area contributed by atoms with E-state index in [1.54, 1.807) is 0 Å². The first-order valence-electron chi connectivity index (χ1n) is 7.02. The number of hydrogen-bond donors (Lipinski definition) is 2. The maximum atomic E-state index is 11.4. The Kier molecular flexibility index (Phi) is 3.70. The number of aromatic nitrogens is 2. The van der Waals surface area contributed by atoms with Crippen LogP contribution in [-0.2, 0) is 4.74 Å². The average Bonchev–Trinajstić information content (AvgIpc) is 2.47. The largest absolute Gasteiger partial charge is 0.476 e. The minimum atomic E-state index is -1.07. The molecule has 2 aromatic rings. The lowest BCUT2D eigenvalue weighted by Gasteiger charge is -2.29. The van der Waals surface area contributed by atoms with Gasteiger partial charge < -0.3 is 15.2 Å². The van der Waals surface area contributed by atoms with Gasteiger partial charge in [0.2, 0.25) is 0 Å². The van der Waals surface area contributed by atoms with Crippen LogP contribution >= 0.6 is 0 Å². The molecule has 0 spiro atoms. The average molecular weight is 287 g/mol. The summed E-state index contributed by atoms with van der Waals surface area (Å²) in [6, 6.07) is 7.60. The van der Waals surface area contributed by atoms with Gasteiger partial charge in [0.25, 0.3) is 0 Å². The Morgan fingerprint density at radius 3 is 2.95 bits per heavy atom. The summed E-state index contributed by atoms with van der Waals surface area (Å²) in [6.07, 6.45) is 1.86. The van der Waals surface area contributed by atoms with Crippen LogP contribution in [0.1, 0.15) is 30.3 Å². The zero-order valence-electron chi connectivity index (χ0n) is 11.7. The third kappa shape index (κ3) is 2.80. The van der Waals surface area contributed by atoms with Crippen molar-refractivity contribution in [2.45, 2.75) is 31.9 Å². The van der Waals surface area contributed by atoms with E-state index in [9.17, 15) is 9.90 Å². The Bertz CT molecular complexity index is 674. The lowest BCUT2D eigenvalue weighted by atomic mass is 10.0. The van der Waals surface area contributed by atoms with Gasteiger partial charge in [0, 0.05) is 18.0 Å². The minimum Gasteiger partial charge on any atom is -0.476 e. The van der Waals surface area contributed by atoms with Crippen LogP contribution in [-0.4, -0.2) is 40.0 Å². The summed E-state index contributed by atoms with van der Waals surface area (Å²) in [7, 11) is 0. The molecule has 2 atom stereocenters. The van der Waals surface area contributed by atoms with Crippen LogP contribution in [0.3, 0.4) is 0 Å². The second-order valence-corrected chi connectivity index (χ2v) is 5.29.